The summed E-state index contributed by atoms with van der Waals surface area (Å²) < 4.78 is 0. The van der Waals surface area contributed by atoms with Crippen molar-refractivity contribution in [2.24, 2.45) is 17.6 Å². The van der Waals surface area contributed by atoms with Crippen molar-refractivity contribution in [2.45, 2.75) is 46.2 Å². The van der Waals surface area contributed by atoms with Gasteiger partial charge in [0.15, 0.2) is 0 Å². The maximum absolute atomic E-state index is 6.41. The van der Waals surface area contributed by atoms with Gasteiger partial charge in [-0.25, -0.2) is 0 Å². The standard InChI is InChI=1S/C15H26N2S/c1-5-13(16)14(15-10(2)6-7-18-15)17-8-11(3)12(4)9-17/h6-7,11-14H,5,8-9,16H2,1-4H3. The molecule has 1 aliphatic rings. The highest BCUT2D eigenvalue weighted by molar-refractivity contribution is 7.10. The summed E-state index contributed by atoms with van der Waals surface area (Å²) in [5.41, 5.74) is 7.82. The van der Waals surface area contributed by atoms with Gasteiger partial charge in [-0.3, -0.25) is 4.90 Å². The van der Waals surface area contributed by atoms with Crippen LogP contribution >= 0.6 is 11.3 Å². The first-order chi connectivity index (χ1) is 8.54. The Labute approximate surface area is 115 Å². The maximum atomic E-state index is 6.41. The average molecular weight is 266 g/mol. The monoisotopic (exact) mass is 266 g/mol. The Kier molecular flexibility index (Phi) is 4.46. The Morgan fingerprint density at radius 1 is 1.39 bits per heavy atom. The lowest BCUT2D eigenvalue weighted by molar-refractivity contribution is 0.203. The molecule has 1 saturated heterocycles. The maximum Gasteiger partial charge on any atom is 0.0596 e. The summed E-state index contributed by atoms with van der Waals surface area (Å²) in [6, 6.07) is 2.89. The van der Waals surface area contributed by atoms with Crippen molar-refractivity contribution in [1.29, 1.82) is 0 Å². The van der Waals surface area contributed by atoms with Crippen LogP contribution in [-0.4, -0.2) is 24.0 Å². The first-order valence-electron chi connectivity index (χ1n) is 7.08. The number of aryl methyl sites for hydroxylation is 1. The fraction of sp³-hybridized carbons (Fsp3) is 0.733. The molecule has 2 heterocycles. The SMILES string of the molecule is CCC(N)C(c1sccc1C)N1CC(C)C(C)C1. The van der Waals surface area contributed by atoms with Crippen LogP contribution in [0.25, 0.3) is 0 Å². The molecule has 0 amide bonds. The topological polar surface area (TPSA) is 29.3 Å². The Morgan fingerprint density at radius 2 is 2.00 bits per heavy atom. The Balaban J connectivity index is 2.24. The highest BCUT2D eigenvalue weighted by Crippen LogP contribution is 2.36. The molecule has 0 aromatic carbocycles. The van der Waals surface area contributed by atoms with E-state index in [1.165, 1.54) is 23.5 Å². The molecule has 2 rings (SSSR count). The molecule has 2 nitrogen and oxygen atoms in total. The van der Waals surface area contributed by atoms with Gasteiger partial charge in [-0.1, -0.05) is 20.8 Å². The van der Waals surface area contributed by atoms with E-state index in [1.54, 1.807) is 0 Å². The zero-order chi connectivity index (χ0) is 13.3. The summed E-state index contributed by atoms with van der Waals surface area (Å²) in [5.74, 6) is 1.58. The molecular weight excluding hydrogens is 240 g/mol. The third kappa shape index (κ3) is 2.63. The molecule has 102 valence electrons. The van der Waals surface area contributed by atoms with Crippen molar-refractivity contribution in [3.05, 3.63) is 21.9 Å². The van der Waals surface area contributed by atoms with Crippen molar-refractivity contribution >= 4 is 11.3 Å². The minimum Gasteiger partial charge on any atom is -0.326 e. The third-order valence-corrected chi connectivity index (χ3v) is 5.55. The molecule has 1 fully saturated rings. The number of rotatable bonds is 4. The fourth-order valence-corrected chi connectivity index (χ4v) is 4.08. The predicted molar refractivity (Wildman–Crippen MR) is 80.0 cm³/mol. The molecule has 4 atom stereocenters. The quantitative estimate of drug-likeness (QED) is 0.905. The van der Waals surface area contributed by atoms with Crippen molar-refractivity contribution in [3.63, 3.8) is 0 Å². The van der Waals surface area contributed by atoms with E-state index in [2.05, 4.69) is 44.0 Å². The van der Waals surface area contributed by atoms with E-state index < -0.39 is 0 Å². The number of hydrogen-bond acceptors (Lipinski definition) is 3. The van der Waals surface area contributed by atoms with E-state index in [-0.39, 0.29) is 6.04 Å². The largest absolute Gasteiger partial charge is 0.326 e. The molecule has 0 bridgehead atoms. The summed E-state index contributed by atoms with van der Waals surface area (Å²) in [6.07, 6.45) is 1.04. The van der Waals surface area contributed by atoms with Gasteiger partial charge < -0.3 is 5.73 Å². The summed E-state index contributed by atoms with van der Waals surface area (Å²) in [5, 5.41) is 2.20. The molecule has 2 N–H and O–H groups in total. The highest BCUT2D eigenvalue weighted by Gasteiger charge is 2.35. The zero-order valence-electron chi connectivity index (χ0n) is 12.0. The van der Waals surface area contributed by atoms with Crippen LogP contribution < -0.4 is 5.73 Å². The first kappa shape index (κ1) is 14.0. The minimum atomic E-state index is 0.250. The van der Waals surface area contributed by atoms with Crippen molar-refractivity contribution in [3.8, 4) is 0 Å². The molecule has 0 saturated carbocycles. The van der Waals surface area contributed by atoms with Gasteiger partial charge in [0.1, 0.15) is 0 Å². The van der Waals surface area contributed by atoms with Crippen LogP contribution in [0.15, 0.2) is 11.4 Å². The van der Waals surface area contributed by atoms with Gasteiger partial charge >= 0.3 is 0 Å². The Hall–Kier alpha value is -0.380. The van der Waals surface area contributed by atoms with Crippen LogP contribution in [0.4, 0.5) is 0 Å². The van der Waals surface area contributed by atoms with Crippen molar-refractivity contribution in [1.82, 2.24) is 4.90 Å². The van der Waals surface area contributed by atoms with E-state index >= 15 is 0 Å². The van der Waals surface area contributed by atoms with Gasteiger partial charge in [-0.05, 0) is 42.2 Å². The number of nitrogens with zero attached hydrogens (tertiary/aromatic N) is 1. The van der Waals surface area contributed by atoms with Crippen LogP contribution in [0, 0.1) is 18.8 Å². The smallest absolute Gasteiger partial charge is 0.0596 e. The van der Waals surface area contributed by atoms with E-state index in [9.17, 15) is 0 Å². The predicted octanol–water partition coefficient (Wildman–Crippen LogP) is 3.42. The molecular formula is C15H26N2S. The van der Waals surface area contributed by atoms with Gasteiger partial charge in [0.05, 0.1) is 6.04 Å². The van der Waals surface area contributed by atoms with E-state index in [4.69, 9.17) is 5.73 Å². The second-order valence-electron chi connectivity index (χ2n) is 5.89. The van der Waals surface area contributed by atoms with Crippen LogP contribution in [-0.2, 0) is 0 Å². The van der Waals surface area contributed by atoms with E-state index in [0.717, 1.165) is 18.3 Å². The summed E-state index contributed by atoms with van der Waals surface area (Å²) in [7, 11) is 0. The molecule has 1 aromatic heterocycles. The lowest BCUT2D eigenvalue weighted by Crippen LogP contribution is -2.39. The molecule has 1 aromatic rings. The highest BCUT2D eigenvalue weighted by atomic mass is 32.1. The van der Waals surface area contributed by atoms with Crippen molar-refractivity contribution in [2.75, 3.05) is 13.1 Å². The van der Waals surface area contributed by atoms with Gasteiger partial charge in [-0.2, -0.15) is 0 Å². The molecule has 0 radical (unpaired) electrons. The number of likely N-dealkylation sites (tertiary alicyclic amines) is 1. The second-order valence-corrected chi connectivity index (χ2v) is 6.84. The Morgan fingerprint density at radius 3 is 2.44 bits per heavy atom. The summed E-state index contributed by atoms with van der Waals surface area (Å²) >= 11 is 1.87. The van der Waals surface area contributed by atoms with Gasteiger partial charge in [0.2, 0.25) is 0 Å². The second kappa shape index (κ2) is 5.72. The molecule has 0 spiro atoms. The number of thiophene rings is 1. The molecule has 1 aliphatic heterocycles. The molecule has 0 aliphatic carbocycles. The molecule has 4 unspecified atom stereocenters. The van der Waals surface area contributed by atoms with Gasteiger partial charge in [0.25, 0.3) is 0 Å². The van der Waals surface area contributed by atoms with Crippen molar-refractivity contribution < 1.29 is 0 Å². The minimum absolute atomic E-state index is 0.250. The zero-order valence-corrected chi connectivity index (χ0v) is 12.8. The third-order valence-electron chi connectivity index (χ3n) is 4.46. The molecule has 3 heteroatoms. The Bertz CT molecular complexity index is 378. The first-order valence-corrected chi connectivity index (χ1v) is 7.96. The van der Waals surface area contributed by atoms with E-state index in [0.29, 0.717) is 6.04 Å². The normalized spacial score (nSPS) is 28.5. The summed E-state index contributed by atoms with van der Waals surface area (Å²) in [6.45, 7) is 11.5. The van der Waals surface area contributed by atoms with E-state index in [1.807, 2.05) is 11.3 Å². The van der Waals surface area contributed by atoms with Crippen LogP contribution in [0.3, 0.4) is 0 Å². The fourth-order valence-electron chi connectivity index (χ4n) is 2.94. The van der Waals surface area contributed by atoms with Crippen LogP contribution in [0.1, 0.15) is 43.7 Å². The van der Waals surface area contributed by atoms with Crippen LogP contribution in [0.2, 0.25) is 0 Å². The average Bonchev–Trinajstić information content (AvgIpc) is 2.88. The van der Waals surface area contributed by atoms with Gasteiger partial charge in [-0.15, -0.1) is 11.3 Å². The lowest BCUT2D eigenvalue weighted by atomic mass is 10.0. The number of hydrogen-bond donors (Lipinski definition) is 1. The van der Waals surface area contributed by atoms with Gasteiger partial charge in [0, 0.05) is 24.0 Å². The lowest BCUT2D eigenvalue weighted by Gasteiger charge is -2.32. The molecule has 18 heavy (non-hydrogen) atoms. The number of nitrogens with two attached hydrogens (primary N) is 1. The van der Waals surface area contributed by atoms with Crippen LogP contribution in [0.5, 0.6) is 0 Å². The summed E-state index contributed by atoms with van der Waals surface area (Å²) in [4.78, 5) is 4.09.